The Hall–Kier alpha value is -2.25. The molecule has 0 fully saturated rings. The summed E-state index contributed by atoms with van der Waals surface area (Å²) >= 11 is 0. The SMILES string of the molecule is COC(=O)C(C)CN(C)c1cc(F)cc(F)c1[N+](=O)[O-]. The number of esters is 1. The van der Waals surface area contributed by atoms with Crippen molar-refractivity contribution in [3.8, 4) is 0 Å². The van der Waals surface area contributed by atoms with E-state index in [2.05, 4.69) is 4.74 Å². The molecule has 0 N–H and O–H groups in total. The number of methoxy groups -OCH3 is 1. The van der Waals surface area contributed by atoms with Crippen LogP contribution >= 0.6 is 0 Å². The zero-order valence-electron chi connectivity index (χ0n) is 11.2. The van der Waals surface area contributed by atoms with Crippen LogP contribution < -0.4 is 4.90 Å². The summed E-state index contributed by atoms with van der Waals surface area (Å²) in [4.78, 5) is 22.5. The van der Waals surface area contributed by atoms with E-state index in [0.717, 1.165) is 6.07 Å². The molecule has 0 saturated carbocycles. The standard InChI is InChI=1S/C12H14F2N2O4/c1-7(12(17)20-3)6-15(2)10-5-8(13)4-9(14)11(10)16(18)19/h4-5,7H,6H2,1-3H3. The molecular weight excluding hydrogens is 274 g/mol. The molecule has 1 atom stereocenters. The quantitative estimate of drug-likeness (QED) is 0.471. The van der Waals surface area contributed by atoms with Crippen LogP contribution in [0.5, 0.6) is 0 Å². The first-order chi connectivity index (χ1) is 9.27. The molecule has 0 heterocycles. The number of nitro benzene ring substituents is 1. The van der Waals surface area contributed by atoms with E-state index in [-0.39, 0.29) is 12.2 Å². The Morgan fingerprint density at radius 1 is 1.50 bits per heavy atom. The first kappa shape index (κ1) is 15.8. The number of ether oxygens (including phenoxy) is 1. The molecule has 0 saturated heterocycles. The predicted molar refractivity (Wildman–Crippen MR) is 67.5 cm³/mol. The molecule has 0 aromatic heterocycles. The van der Waals surface area contributed by atoms with Crippen LogP contribution in [0, 0.1) is 27.7 Å². The minimum atomic E-state index is -1.26. The number of nitro groups is 1. The van der Waals surface area contributed by atoms with E-state index in [1.807, 2.05) is 0 Å². The van der Waals surface area contributed by atoms with E-state index in [4.69, 9.17) is 0 Å². The molecule has 20 heavy (non-hydrogen) atoms. The molecule has 8 heteroatoms. The third-order valence-electron chi connectivity index (χ3n) is 2.75. The molecule has 1 unspecified atom stereocenters. The van der Waals surface area contributed by atoms with Crippen molar-refractivity contribution < 1.29 is 23.2 Å². The van der Waals surface area contributed by atoms with E-state index in [0.29, 0.717) is 6.07 Å². The van der Waals surface area contributed by atoms with Crippen LogP contribution in [-0.4, -0.2) is 31.6 Å². The van der Waals surface area contributed by atoms with Crippen molar-refractivity contribution in [2.45, 2.75) is 6.92 Å². The molecule has 0 aliphatic carbocycles. The number of benzene rings is 1. The maximum Gasteiger partial charge on any atom is 0.328 e. The second kappa shape index (κ2) is 6.27. The van der Waals surface area contributed by atoms with Crippen molar-refractivity contribution in [2.75, 3.05) is 25.6 Å². The van der Waals surface area contributed by atoms with Gasteiger partial charge in [0.1, 0.15) is 11.5 Å². The molecule has 1 aromatic rings. The second-order valence-corrected chi connectivity index (χ2v) is 4.32. The van der Waals surface area contributed by atoms with Crippen LogP contribution in [0.15, 0.2) is 12.1 Å². The molecule has 1 rings (SSSR count). The number of rotatable bonds is 5. The Kier molecular flexibility index (Phi) is 4.95. The van der Waals surface area contributed by atoms with Gasteiger partial charge < -0.3 is 9.64 Å². The molecule has 0 aliphatic heterocycles. The first-order valence-corrected chi connectivity index (χ1v) is 5.70. The normalized spacial score (nSPS) is 11.8. The van der Waals surface area contributed by atoms with Gasteiger partial charge in [-0.25, -0.2) is 4.39 Å². The van der Waals surface area contributed by atoms with Gasteiger partial charge in [-0.15, -0.1) is 0 Å². The average Bonchev–Trinajstić information content (AvgIpc) is 2.35. The summed E-state index contributed by atoms with van der Waals surface area (Å²) in [6.07, 6.45) is 0. The molecule has 0 radical (unpaired) electrons. The van der Waals surface area contributed by atoms with Gasteiger partial charge in [0, 0.05) is 25.7 Å². The van der Waals surface area contributed by atoms with Gasteiger partial charge in [0.15, 0.2) is 0 Å². The molecule has 110 valence electrons. The molecule has 0 bridgehead atoms. The van der Waals surface area contributed by atoms with Crippen molar-refractivity contribution in [3.05, 3.63) is 33.9 Å². The Bertz CT molecular complexity index is 536. The van der Waals surface area contributed by atoms with E-state index >= 15 is 0 Å². The number of carbonyl (C=O) groups is 1. The predicted octanol–water partition coefficient (Wildman–Crippen LogP) is 2.12. The fourth-order valence-corrected chi connectivity index (χ4v) is 1.81. The first-order valence-electron chi connectivity index (χ1n) is 5.70. The topological polar surface area (TPSA) is 72.7 Å². The summed E-state index contributed by atoms with van der Waals surface area (Å²) in [5.74, 6) is -3.31. The summed E-state index contributed by atoms with van der Waals surface area (Å²) in [6.45, 7) is 1.57. The van der Waals surface area contributed by atoms with E-state index < -0.39 is 34.1 Å². The maximum atomic E-state index is 13.5. The van der Waals surface area contributed by atoms with Crippen molar-refractivity contribution in [3.63, 3.8) is 0 Å². The lowest BCUT2D eigenvalue weighted by atomic mass is 10.1. The average molecular weight is 288 g/mol. The Labute approximate surface area is 114 Å². The number of nitrogens with zero attached hydrogens (tertiary/aromatic N) is 2. The van der Waals surface area contributed by atoms with Crippen molar-refractivity contribution >= 4 is 17.3 Å². The highest BCUT2D eigenvalue weighted by Crippen LogP contribution is 2.31. The smallest absolute Gasteiger partial charge is 0.328 e. The van der Waals surface area contributed by atoms with Gasteiger partial charge in [-0.2, -0.15) is 4.39 Å². The molecule has 0 spiro atoms. The highest BCUT2D eigenvalue weighted by atomic mass is 19.1. The van der Waals surface area contributed by atoms with Gasteiger partial charge in [-0.1, -0.05) is 6.92 Å². The van der Waals surface area contributed by atoms with Gasteiger partial charge in [0.05, 0.1) is 18.0 Å². The number of hydrogen-bond acceptors (Lipinski definition) is 5. The minimum absolute atomic E-state index is 0.0242. The second-order valence-electron chi connectivity index (χ2n) is 4.32. The summed E-state index contributed by atoms with van der Waals surface area (Å²) in [5.41, 5.74) is -1.06. The van der Waals surface area contributed by atoms with Crippen molar-refractivity contribution in [2.24, 2.45) is 5.92 Å². The Morgan fingerprint density at radius 2 is 2.10 bits per heavy atom. The van der Waals surface area contributed by atoms with Gasteiger partial charge in [0.25, 0.3) is 0 Å². The van der Waals surface area contributed by atoms with Crippen LogP contribution in [0.25, 0.3) is 0 Å². The summed E-state index contributed by atoms with van der Waals surface area (Å²) in [7, 11) is 2.61. The lowest BCUT2D eigenvalue weighted by molar-refractivity contribution is -0.386. The van der Waals surface area contributed by atoms with Crippen LogP contribution in [0.3, 0.4) is 0 Å². The molecular formula is C12H14F2N2O4. The Morgan fingerprint density at radius 3 is 2.60 bits per heavy atom. The van der Waals surface area contributed by atoms with Gasteiger partial charge in [-0.05, 0) is 0 Å². The maximum absolute atomic E-state index is 13.5. The van der Waals surface area contributed by atoms with Crippen LogP contribution in [0.4, 0.5) is 20.2 Å². The van der Waals surface area contributed by atoms with Crippen molar-refractivity contribution in [1.29, 1.82) is 0 Å². The molecule has 1 aromatic carbocycles. The van der Waals surface area contributed by atoms with Crippen molar-refractivity contribution in [1.82, 2.24) is 0 Å². The lowest BCUT2D eigenvalue weighted by Gasteiger charge is -2.22. The molecule has 0 aliphatic rings. The highest BCUT2D eigenvalue weighted by molar-refractivity contribution is 5.73. The number of hydrogen-bond donors (Lipinski definition) is 0. The Balaban J connectivity index is 3.12. The third-order valence-corrected chi connectivity index (χ3v) is 2.75. The van der Waals surface area contributed by atoms with Gasteiger partial charge in [-0.3, -0.25) is 14.9 Å². The largest absolute Gasteiger partial charge is 0.469 e. The zero-order valence-corrected chi connectivity index (χ0v) is 11.2. The minimum Gasteiger partial charge on any atom is -0.469 e. The van der Waals surface area contributed by atoms with E-state index in [9.17, 15) is 23.7 Å². The van der Waals surface area contributed by atoms with E-state index in [1.165, 1.54) is 19.1 Å². The number of carbonyl (C=O) groups excluding carboxylic acids is 1. The summed E-state index contributed by atoms with van der Waals surface area (Å²) < 4.78 is 31.2. The zero-order chi connectivity index (χ0) is 15.4. The van der Waals surface area contributed by atoms with Crippen LogP contribution in [0.2, 0.25) is 0 Å². The lowest BCUT2D eigenvalue weighted by Crippen LogP contribution is -2.30. The number of halogens is 2. The van der Waals surface area contributed by atoms with Gasteiger partial charge >= 0.3 is 11.7 Å². The van der Waals surface area contributed by atoms with Crippen LogP contribution in [0.1, 0.15) is 6.92 Å². The third kappa shape index (κ3) is 3.40. The summed E-state index contributed by atoms with van der Waals surface area (Å²) in [6, 6.07) is 1.30. The monoisotopic (exact) mass is 288 g/mol. The fourth-order valence-electron chi connectivity index (χ4n) is 1.81. The fraction of sp³-hybridized carbons (Fsp3) is 0.417. The molecule has 6 nitrogen and oxygen atoms in total. The number of anilines is 1. The van der Waals surface area contributed by atoms with Crippen LogP contribution in [-0.2, 0) is 9.53 Å². The summed E-state index contributed by atoms with van der Waals surface area (Å²) in [5, 5.41) is 10.9. The van der Waals surface area contributed by atoms with Gasteiger partial charge in [0.2, 0.25) is 5.82 Å². The highest BCUT2D eigenvalue weighted by Gasteiger charge is 2.26. The molecule has 0 amide bonds. The van der Waals surface area contributed by atoms with E-state index in [1.54, 1.807) is 6.92 Å².